The van der Waals surface area contributed by atoms with Crippen molar-refractivity contribution in [3.05, 3.63) is 41.5 Å². The minimum absolute atomic E-state index is 0.129. The molecule has 1 aliphatic rings. The van der Waals surface area contributed by atoms with Gasteiger partial charge in [-0.1, -0.05) is 41.6 Å². The average Bonchev–Trinajstić information content (AvgIpc) is 3.27. The van der Waals surface area contributed by atoms with Gasteiger partial charge in [0, 0.05) is 10.9 Å². The van der Waals surface area contributed by atoms with Gasteiger partial charge < -0.3 is 4.74 Å². The zero-order chi connectivity index (χ0) is 18.1. The van der Waals surface area contributed by atoms with Crippen LogP contribution in [0, 0.1) is 6.92 Å². The highest BCUT2D eigenvalue weighted by atomic mass is 32.2. The Hall–Kier alpha value is -2.45. The molecule has 0 radical (unpaired) electrons. The van der Waals surface area contributed by atoms with Gasteiger partial charge in [0.25, 0.3) is 0 Å². The molecule has 0 N–H and O–H groups in total. The number of fused-ring (bicyclic) bond motifs is 1. The summed E-state index contributed by atoms with van der Waals surface area (Å²) < 4.78 is 4.82. The van der Waals surface area contributed by atoms with E-state index in [1.807, 2.05) is 0 Å². The lowest BCUT2D eigenvalue weighted by Gasteiger charge is -2.10. The summed E-state index contributed by atoms with van der Waals surface area (Å²) in [5.41, 5.74) is 3.34. The topological polar surface area (TPSA) is 72.4 Å². The molecular formula is C18H15N3O3S2. The molecule has 132 valence electrons. The minimum Gasteiger partial charge on any atom is -0.447 e. The predicted octanol–water partition coefficient (Wildman–Crippen LogP) is 3.74. The highest BCUT2D eigenvalue weighted by Gasteiger charge is 2.28. The Morgan fingerprint density at radius 2 is 2.12 bits per heavy atom. The number of thioether (sulfide) groups is 1. The Balaban J connectivity index is 1.63. The fourth-order valence-electron chi connectivity index (χ4n) is 2.73. The van der Waals surface area contributed by atoms with Crippen LogP contribution < -0.4 is 0 Å². The SMILES string of the molecule is Cc1ccc(-c2csc3ncnc(SCC(=O)N4CCOC4=O)c23)cc1. The number of thiophene rings is 1. The number of aryl methyl sites for hydroxylation is 1. The van der Waals surface area contributed by atoms with E-state index in [1.54, 1.807) is 11.3 Å². The highest BCUT2D eigenvalue weighted by Crippen LogP contribution is 2.37. The van der Waals surface area contributed by atoms with Crippen LogP contribution in [0.2, 0.25) is 0 Å². The zero-order valence-electron chi connectivity index (χ0n) is 14.0. The summed E-state index contributed by atoms with van der Waals surface area (Å²) in [7, 11) is 0. The van der Waals surface area contributed by atoms with Gasteiger partial charge in [-0.3, -0.25) is 4.79 Å². The molecule has 4 rings (SSSR count). The largest absolute Gasteiger partial charge is 0.447 e. The van der Waals surface area contributed by atoms with Crippen molar-refractivity contribution in [3.63, 3.8) is 0 Å². The second kappa shape index (κ2) is 7.05. The number of carbonyl (C=O) groups is 2. The molecule has 0 atom stereocenters. The molecule has 0 aliphatic carbocycles. The van der Waals surface area contributed by atoms with Gasteiger partial charge in [-0.25, -0.2) is 19.7 Å². The van der Waals surface area contributed by atoms with Crippen LogP contribution in [0.5, 0.6) is 0 Å². The van der Waals surface area contributed by atoms with Crippen molar-refractivity contribution in [3.8, 4) is 11.1 Å². The summed E-state index contributed by atoms with van der Waals surface area (Å²) in [6.07, 6.45) is 0.939. The molecule has 1 saturated heterocycles. The van der Waals surface area contributed by atoms with Crippen LogP contribution in [0.1, 0.15) is 5.56 Å². The number of amides is 2. The van der Waals surface area contributed by atoms with Crippen LogP contribution in [0.15, 0.2) is 41.0 Å². The van der Waals surface area contributed by atoms with E-state index < -0.39 is 6.09 Å². The fraction of sp³-hybridized carbons (Fsp3) is 0.222. The number of carbonyl (C=O) groups excluding carboxylic acids is 2. The molecule has 2 amide bonds. The van der Waals surface area contributed by atoms with E-state index >= 15 is 0 Å². The number of aromatic nitrogens is 2. The van der Waals surface area contributed by atoms with Gasteiger partial charge in [-0.05, 0) is 12.5 Å². The third-order valence-corrected chi connectivity index (χ3v) is 5.95. The van der Waals surface area contributed by atoms with Gasteiger partial charge in [0.2, 0.25) is 5.91 Å². The van der Waals surface area contributed by atoms with Gasteiger partial charge in [-0.15, -0.1) is 11.3 Å². The maximum Gasteiger partial charge on any atom is 0.416 e. The van der Waals surface area contributed by atoms with Crippen molar-refractivity contribution < 1.29 is 14.3 Å². The average molecular weight is 385 g/mol. The Morgan fingerprint density at radius 3 is 2.85 bits per heavy atom. The monoisotopic (exact) mass is 385 g/mol. The molecule has 3 aromatic rings. The van der Waals surface area contributed by atoms with Crippen molar-refractivity contribution in [2.24, 2.45) is 0 Å². The number of nitrogens with zero attached hydrogens (tertiary/aromatic N) is 3. The zero-order valence-corrected chi connectivity index (χ0v) is 15.6. The summed E-state index contributed by atoms with van der Waals surface area (Å²) in [6, 6.07) is 8.28. The van der Waals surface area contributed by atoms with Crippen LogP contribution >= 0.6 is 23.1 Å². The maximum absolute atomic E-state index is 12.3. The van der Waals surface area contributed by atoms with Crippen LogP contribution in [0.3, 0.4) is 0 Å². The Kier molecular flexibility index (Phi) is 4.60. The lowest BCUT2D eigenvalue weighted by molar-refractivity contribution is -0.125. The fourth-order valence-corrected chi connectivity index (χ4v) is 4.60. The van der Waals surface area contributed by atoms with E-state index in [-0.39, 0.29) is 18.3 Å². The number of benzene rings is 1. The van der Waals surface area contributed by atoms with Crippen LogP contribution in [-0.4, -0.2) is 45.8 Å². The highest BCUT2D eigenvalue weighted by molar-refractivity contribution is 8.00. The lowest BCUT2D eigenvalue weighted by Crippen LogP contribution is -2.33. The number of rotatable bonds is 4. The normalized spacial score (nSPS) is 14.0. The van der Waals surface area contributed by atoms with E-state index in [0.29, 0.717) is 6.54 Å². The van der Waals surface area contributed by atoms with Crippen LogP contribution in [-0.2, 0) is 9.53 Å². The van der Waals surface area contributed by atoms with E-state index in [0.717, 1.165) is 31.3 Å². The number of imide groups is 1. The van der Waals surface area contributed by atoms with Gasteiger partial charge in [0.15, 0.2) is 0 Å². The molecule has 8 heteroatoms. The van der Waals surface area contributed by atoms with E-state index in [9.17, 15) is 9.59 Å². The van der Waals surface area contributed by atoms with Crippen LogP contribution in [0.25, 0.3) is 21.3 Å². The second-order valence-corrected chi connectivity index (χ2v) is 7.64. The third kappa shape index (κ3) is 3.17. The number of hydrogen-bond donors (Lipinski definition) is 0. The maximum atomic E-state index is 12.3. The second-order valence-electron chi connectivity index (χ2n) is 5.82. The van der Waals surface area contributed by atoms with Crippen LogP contribution in [0.4, 0.5) is 4.79 Å². The molecule has 26 heavy (non-hydrogen) atoms. The first-order valence-corrected chi connectivity index (χ1v) is 9.89. The predicted molar refractivity (Wildman–Crippen MR) is 101 cm³/mol. The van der Waals surface area contributed by atoms with Crippen molar-refractivity contribution in [1.29, 1.82) is 0 Å². The van der Waals surface area contributed by atoms with Crippen molar-refractivity contribution in [2.45, 2.75) is 11.9 Å². The smallest absolute Gasteiger partial charge is 0.416 e. The first-order valence-electron chi connectivity index (χ1n) is 8.02. The van der Waals surface area contributed by atoms with Crippen molar-refractivity contribution >= 4 is 45.3 Å². The molecule has 1 aliphatic heterocycles. The molecular weight excluding hydrogens is 370 g/mol. The van der Waals surface area contributed by atoms with Crippen molar-refractivity contribution in [2.75, 3.05) is 18.9 Å². The summed E-state index contributed by atoms with van der Waals surface area (Å²) in [5, 5.41) is 3.75. The molecule has 0 spiro atoms. The molecule has 1 aromatic carbocycles. The first kappa shape index (κ1) is 17.0. The van der Waals surface area contributed by atoms with Gasteiger partial charge in [-0.2, -0.15) is 0 Å². The minimum atomic E-state index is -0.570. The van der Waals surface area contributed by atoms with Gasteiger partial charge >= 0.3 is 6.09 Å². The van der Waals surface area contributed by atoms with E-state index in [1.165, 1.54) is 23.7 Å². The molecule has 0 saturated carbocycles. The number of cyclic esters (lactones) is 1. The molecule has 0 unspecified atom stereocenters. The molecule has 0 bridgehead atoms. The summed E-state index contributed by atoms with van der Waals surface area (Å²) >= 11 is 2.87. The van der Waals surface area contributed by atoms with E-state index in [2.05, 4.69) is 46.5 Å². The standard InChI is InChI=1S/C18H15N3O3S2/c1-11-2-4-12(5-3-11)13-8-25-16-15(13)17(20-10-19-16)26-9-14(22)21-6-7-24-18(21)23/h2-5,8,10H,6-7,9H2,1H3. The van der Waals surface area contributed by atoms with E-state index in [4.69, 9.17) is 4.74 Å². The summed E-state index contributed by atoms with van der Waals surface area (Å²) in [4.78, 5) is 34.5. The third-order valence-electron chi connectivity index (χ3n) is 4.09. The molecule has 6 nitrogen and oxygen atoms in total. The first-order chi connectivity index (χ1) is 12.6. The molecule has 2 aromatic heterocycles. The lowest BCUT2D eigenvalue weighted by atomic mass is 10.1. The Bertz CT molecular complexity index is 985. The van der Waals surface area contributed by atoms with Gasteiger partial charge in [0.05, 0.1) is 17.7 Å². The van der Waals surface area contributed by atoms with Crippen molar-refractivity contribution in [1.82, 2.24) is 14.9 Å². The van der Waals surface area contributed by atoms with Gasteiger partial charge in [0.1, 0.15) is 22.8 Å². The summed E-state index contributed by atoms with van der Waals surface area (Å²) in [6.45, 7) is 2.62. The number of ether oxygens (including phenoxy) is 1. The number of hydrogen-bond acceptors (Lipinski definition) is 7. The Morgan fingerprint density at radius 1 is 1.31 bits per heavy atom. The molecule has 1 fully saturated rings. The Labute approximate surface area is 158 Å². The summed E-state index contributed by atoms with van der Waals surface area (Å²) in [5.74, 6) is -0.138. The molecule has 3 heterocycles. The quantitative estimate of drug-likeness (QED) is 0.503.